The molecule has 1 atom stereocenters. The number of ether oxygens (including phenoxy) is 2. The van der Waals surface area contributed by atoms with E-state index in [1.807, 2.05) is 49.4 Å². The van der Waals surface area contributed by atoms with Crippen LogP contribution < -0.4 is 19.6 Å². The van der Waals surface area contributed by atoms with Gasteiger partial charge in [-0.1, -0.05) is 86.4 Å². The molecule has 1 aromatic heterocycles. The van der Waals surface area contributed by atoms with Gasteiger partial charge in [-0.05, 0) is 72.6 Å². The van der Waals surface area contributed by atoms with E-state index in [1.165, 1.54) is 11.3 Å². The number of halogens is 4. The zero-order valence-corrected chi connectivity index (χ0v) is 28.2. The van der Waals surface area contributed by atoms with Crippen LogP contribution in [0.2, 0.25) is 10.0 Å². The fourth-order valence-electron chi connectivity index (χ4n) is 4.63. The molecule has 0 bridgehead atoms. The van der Waals surface area contributed by atoms with E-state index >= 15 is 0 Å². The molecule has 0 saturated carbocycles. The summed E-state index contributed by atoms with van der Waals surface area (Å²) in [6.45, 7) is 5.90. The molecule has 1 aliphatic heterocycles. The number of aromatic nitrogens is 1. The van der Waals surface area contributed by atoms with E-state index in [9.17, 15) is 9.59 Å². The molecule has 0 aliphatic carbocycles. The number of thiazole rings is 1. The minimum absolute atomic E-state index is 0.188. The Morgan fingerprint density at radius 2 is 1.83 bits per heavy atom. The largest absolute Gasteiger partial charge is 0.487 e. The molecule has 5 rings (SSSR count). The minimum atomic E-state index is -0.680. The number of rotatable bonds is 7. The summed E-state index contributed by atoms with van der Waals surface area (Å²) in [5.41, 5.74) is 3.87. The zero-order valence-electron chi connectivity index (χ0n) is 22.7. The van der Waals surface area contributed by atoms with Crippen LogP contribution in [0.25, 0.3) is 6.08 Å². The number of hydrogen-bond acceptors (Lipinski definition) is 6. The van der Waals surface area contributed by atoms with Gasteiger partial charge in [-0.2, -0.15) is 0 Å². The van der Waals surface area contributed by atoms with E-state index in [0.29, 0.717) is 46.4 Å². The number of aryl methyl sites for hydroxylation is 1. The van der Waals surface area contributed by atoms with Crippen molar-refractivity contribution in [3.05, 3.63) is 127 Å². The summed E-state index contributed by atoms with van der Waals surface area (Å²) in [5, 5.41) is 1.03. The van der Waals surface area contributed by atoms with Gasteiger partial charge in [0.05, 0.1) is 32.9 Å². The Bertz CT molecular complexity index is 1920. The monoisotopic (exact) mass is 748 g/mol. The molecule has 4 aromatic rings. The van der Waals surface area contributed by atoms with E-state index < -0.39 is 12.0 Å². The normalized spacial score (nSPS) is 14.9. The Morgan fingerprint density at radius 1 is 1.10 bits per heavy atom. The maximum Gasteiger partial charge on any atom is 0.338 e. The number of nitrogens with zero attached hydrogens (tertiary/aromatic N) is 2. The van der Waals surface area contributed by atoms with Crippen LogP contribution in [0.15, 0.2) is 84.6 Å². The van der Waals surface area contributed by atoms with Crippen molar-refractivity contribution in [3.63, 3.8) is 0 Å². The predicted molar refractivity (Wildman–Crippen MR) is 174 cm³/mol. The summed E-state index contributed by atoms with van der Waals surface area (Å²) in [6.07, 6.45) is 1.77. The third kappa shape index (κ3) is 6.31. The Hall–Kier alpha value is -2.69. The van der Waals surface area contributed by atoms with Gasteiger partial charge in [0.1, 0.15) is 12.4 Å². The number of hydrogen-bond donors (Lipinski definition) is 0. The Kier molecular flexibility index (Phi) is 9.44. The molecule has 0 N–H and O–H groups in total. The first kappa shape index (κ1) is 30.8. The molecule has 6 nitrogen and oxygen atoms in total. The minimum Gasteiger partial charge on any atom is -0.487 e. The van der Waals surface area contributed by atoms with Crippen LogP contribution >= 0.6 is 66.4 Å². The second-order valence-electron chi connectivity index (χ2n) is 9.54. The van der Waals surface area contributed by atoms with Crippen LogP contribution in [0.1, 0.15) is 42.1 Å². The third-order valence-corrected chi connectivity index (χ3v) is 9.24. The molecule has 0 saturated heterocycles. The highest BCUT2D eigenvalue weighted by atomic mass is 79.9. The Balaban J connectivity index is 1.64. The van der Waals surface area contributed by atoms with Crippen LogP contribution in [0.4, 0.5) is 0 Å². The second-order valence-corrected chi connectivity index (χ2v) is 13.2. The molecule has 42 heavy (non-hydrogen) atoms. The number of allylic oxidation sites excluding steroid dienone is 1. The summed E-state index contributed by atoms with van der Waals surface area (Å²) < 4.78 is 15.1. The smallest absolute Gasteiger partial charge is 0.338 e. The first-order chi connectivity index (χ1) is 20.1. The number of esters is 1. The molecule has 0 spiro atoms. The van der Waals surface area contributed by atoms with Gasteiger partial charge in [0.25, 0.3) is 5.56 Å². The van der Waals surface area contributed by atoms with E-state index in [1.54, 1.807) is 36.6 Å². The maximum atomic E-state index is 14.1. The Morgan fingerprint density at radius 3 is 2.52 bits per heavy atom. The molecule has 1 aliphatic rings. The molecular weight excluding hydrogens is 727 g/mol. The second kappa shape index (κ2) is 12.9. The van der Waals surface area contributed by atoms with Crippen LogP contribution in [-0.2, 0) is 16.1 Å². The summed E-state index contributed by atoms with van der Waals surface area (Å²) >= 11 is 20.8. The molecule has 2 heterocycles. The predicted octanol–water partition coefficient (Wildman–Crippen LogP) is 7.52. The van der Waals surface area contributed by atoms with Gasteiger partial charge in [-0.3, -0.25) is 9.36 Å². The maximum absolute atomic E-state index is 14.1. The first-order valence-corrected chi connectivity index (χ1v) is 16.0. The van der Waals surface area contributed by atoms with Crippen molar-refractivity contribution in [2.75, 3.05) is 6.61 Å². The van der Waals surface area contributed by atoms with Crippen molar-refractivity contribution in [3.8, 4) is 5.75 Å². The van der Waals surface area contributed by atoms with Crippen molar-refractivity contribution in [1.82, 2.24) is 4.57 Å². The van der Waals surface area contributed by atoms with Crippen molar-refractivity contribution in [2.24, 2.45) is 4.99 Å². The van der Waals surface area contributed by atoms with Gasteiger partial charge in [-0.25, -0.2) is 9.79 Å². The van der Waals surface area contributed by atoms with Crippen LogP contribution in [0, 0.1) is 6.92 Å². The van der Waals surface area contributed by atoms with Crippen molar-refractivity contribution < 1.29 is 14.3 Å². The van der Waals surface area contributed by atoms with Crippen molar-refractivity contribution in [1.29, 1.82) is 0 Å². The quantitative estimate of drug-likeness (QED) is 0.184. The van der Waals surface area contributed by atoms with E-state index in [4.69, 9.17) is 32.7 Å². The summed E-state index contributed by atoms with van der Waals surface area (Å²) in [7, 11) is 0. The van der Waals surface area contributed by atoms with Gasteiger partial charge in [-0.15, -0.1) is 0 Å². The molecule has 3 aromatic carbocycles. The van der Waals surface area contributed by atoms with Gasteiger partial charge < -0.3 is 9.47 Å². The number of carbonyl (C=O) groups excluding carboxylic acids is 1. The molecule has 0 radical (unpaired) electrons. The fourth-order valence-corrected chi connectivity index (χ4v) is 7.50. The topological polar surface area (TPSA) is 69.9 Å². The number of carbonyl (C=O) groups is 1. The lowest BCUT2D eigenvalue weighted by molar-refractivity contribution is -0.139. The molecule has 0 unspecified atom stereocenters. The van der Waals surface area contributed by atoms with E-state index in [0.717, 1.165) is 21.2 Å². The van der Waals surface area contributed by atoms with Gasteiger partial charge in [0.15, 0.2) is 4.80 Å². The van der Waals surface area contributed by atoms with Gasteiger partial charge >= 0.3 is 5.97 Å². The first-order valence-electron chi connectivity index (χ1n) is 12.9. The number of benzene rings is 3. The Labute approximate surface area is 273 Å². The van der Waals surface area contributed by atoms with E-state index in [-0.39, 0.29) is 18.8 Å². The highest BCUT2D eigenvalue weighted by Crippen LogP contribution is 2.35. The molecule has 0 amide bonds. The highest BCUT2D eigenvalue weighted by Gasteiger charge is 2.33. The lowest BCUT2D eigenvalue weighted by Crippen LogP contribution is -2.39. The lowest BCUT2D eigenvalue weighted by atomic mass is 9.95. The van der Waals surface area contributed by atoms with Gasteiger partial charge in [0.2, 0.25) is 0 Å². The standard InChI is InChI=1S/C31H24Br2Cl2N2O4S/c1-4-40-30(39)26-17(3)36-31-37(27(26)18-7-5-16(2)6-8-18)29(38)25(42-31)12-20-11-21(32)13-23(33)28(20)41-15-19-9-10-22(34)14-24(19)35/h5-14,27H,4,15H2,1-3H3/b25-12-/t27-/m0/s1. The van der Waals surface area contributed by atoms with Crippen LogP contribution in [0.3, 0.4) is 0 Å². The zero-order chi connectivity index (χ0) is 30.1. The summed E-state index contributed by atoms with van der Waals surface area (Å²) in [5.74, 6) is 0.0413. The summed E-state index contributed by atoms with van der Waals surface area (Å²) in [6, 6.07) is 16.0. The lowest BCUT2D eigenvalue weighted by Gasteiger charge is -2.24. The fraction of sp³-hybridized carbons (Fsp3) is 0.194. The highest BCUT2D eigenvalue weighted by molar-refractivity contribution is 9.11. The van der Waals surface area contributed by atoms with Crippen molar-refractivity contribution >= 4 is 78.4 Å². The van der Waals surface area contributed by atoms with Crippen LogP contribution in [0.5, 0.6) is 5.75 Å². The molecular formula is C31H24Br2Cl2N2O4S. The van der Waals surface area contributed by atoms with Crippen LogP contribution in [-0.4, -0.2) is 17.1 Å². The molecule has 0 fully saturated rings. The average Bonchev–Trinajstić information content (AvgIpc) is 3.23. The average molecular weight is 751 g/mol. The molecule has 11 heteroatoms. The third-order valence-electron chi connectivity index (χ3n) is 6.62. The molecule has 216 valence electrons. The number of fused-ring (bicyclic) bond motifs is 1. The summed E-state index contributed by atoms with van der Waals surface area (Å²) in [4.78, 5) is 32.3. The SMILES string of the molecule is CCOC(=O)C1=C(C)N=c2s/c(=C\c3cc(Br)cc(Br)c3OCc3ccc(Cl)cc3Cl)c(=O)n2[C@H]1c1ccc(C)cc1. The van der Waals surface area contributed by atoms with E-state index in [2.05, 4.69) is 36.9 Å². The van der Waals surface area contributed by atoms with Gasteiger partial charge in [0, 0.05) is 25.6 Å². The van der Waals surface area contributed by atoms with Crippen molar-refractivity contribution in [2.45, 2.75) is 33.4 Å².